The van der Waals surface area contributed by atoms with Crippen LogP contribution in [0.25, 0.3) is 0 Å². The topological polar surface area (TPSA) is 43.8 Å². The smallest absolute Gasteiger partial charge is 0.355 e. The number of benzene rings is 1. The molecule has 4 fully saturated rings. The Morgan fingerprint density at radius 3 is 2.12 bits per heavy atom. The van der Waals surface area contributed by atoms with Crippen molar-refractivity contribution >= 4 is 23.3 Å². The van der Waals surface area contributed by atoms with Gasteiger partial charge in [0.15, 0.2) is 5.70 Å². The molecule has 25 heavy (non-hydrogen) atoms. The second-order valence-electron chi connectivity index (χ2n) is 8.42. The van der Waals surface area contributed by atoms with E-state index in [0.29, 0.717) is 17.5 Å². The van der Waals surface area contributed by atoms with Crippen molar-refractivity contribution in [2.24, 2.45) is 17.8 Å². The molecule has 0 saturated heterocycles. The monoisotopic (exact) mass is 358 g/mol. The van der Waals surface area contributed by atoms with Crippen LogP contribution in [0.5, 0.6) is 0 Å². The number of carboxylic acids is 1. The van der Waals surface area contributed by atoms with Crippen LogP contribution in [0.4, 0.5) is 5.69 Å². The van der Waals surface area contributed by atoms with Crippen LogP contribution in [0.2, 0.25) is 0 Å². The minimum Gasteiger partial charge on any atom is -0.476 e. The molecular weight excluding hydrogens is 336 g/mol. The molecule has 1 aromatic carbocycles. The third kappa shape index (κ3) is 2.30. The Hall–Kier alpha value is -1.68. The first-order valence-corrected chi connectivity index (χ1v) is 9.67. The Labute approximate surface area is 153 Å². The molecule has 5 aliphatic rings. The number of nitrogens with zero attached hydrogens (tertiary/aromatic N) is 2. The molecule has 1 heterocycles. The zero-order chi connectivity index (χ0) is 17.2. The number of hydrogen-bond donors (Lipinski definition) is 1. The molecule has 4 bridgehead atoms. The average Bonchev–Trinajstić information content (AvgIpc) is 2.93. The first-order valence-electron chi connectivity index (χ1n) is 9.29. The molecule has 0 amide bonds. The van der Waals surface area contributed by atoms with Crippen LogP contribution >= 0.6 is 11.6 Å². The van der Waals surface area contributed by atoms with Crippen LogP contribution in [0.3, 0.4) is 0 Å². The zero-order valence-electron chi connectivity index (χ0n) is 14.2. The van der Waals surface area contributed by atoms with Crippen molar-refractivity contribution in [3.63, 3.8) is 0 Å². The molecule has 4 nitrogen and oxygen atoms in total. The van der Waals surface area contributed by atoms with Crippen LogP contribution in [-0.2, 0) is 4.79 Å². The molecule has 6 rings (SSSR count). The molecule has 4 aliphatic carbocycles. The summed E-state index contributed by atoms with van der Waals surface area (Å²) in [6, 6.07) is 9.88. The fourth-order valence-corrected chi connectivity index (χ4v) is 6.64. The van der Waals surface area contributed by atoms with E-state index >= 15 is 0 Å². The van der Waals surface area contributed by atoms with E-state index in [1.807, 2.05) is 35.2 Å². The molecule has 0 aromatic heterocycles. The quantitative estimate of drug-likeness (QED) is 0.821. The van der Waals surface area contributed by atoms with Gasteiger partial charge in [-0.1, -0.05) is 29.8 Å². The lowest BCUT2D eigenvalue weighted by molar-refractivity contribution is -0.138. The summed E-state index contributed by atoms with van der Waals surface area (Å²) in [5, 5.41) is 10.3. The lowest BCUT2D eigenvalue weighted by Crippen LogP contribution is -2.60. The molecule has 0 atom stereocenters. The first kappa shape index (κ1) is 15.6. The lowest BCUT2D eigenvalue weighted by atomic mass is 9.52. The highest BCUT2D eigenvalue weighted by Crippen LogP contribution is 2.59. The maximum absolute atomic E-state index is 12.1. The van der Waals surface area contributed by atoms with Crippen molar-refractivity contribution < 1.29 is 9.90 Å². The van der Waals surface area contributed by atoms with Gasteiger partial charge in [0.25, 0.3) is 0 Å². The van der Waals surface area contributed by atoms with Crippen molar-refractivity contribution in [2.45, 2.75) is 44.1 Å². The molecule has 1 aromatic rings. The second-order valence-corrected chi connectivity index (χ2v) is 8.78. The largest absolute Gasteiger partial charge is 0.476 e. The van der Waals surface area contributed by atoms with Gasteiger partial charge in [0.2, 0.25) is 0 Å². The van der Waals surface area contributed by atoms with E-state index in [-0.39, 0.29) is 5.54 Å². The lowest BCUT2D eigenvalue weighted by Gasteiger charge is -2.60. The Bertz CT molecular complexity index is 710. The Morgan fingerprint density at radius 2 is 1.60 bits per heavy atom. The van der Waals surface area contributed by atoms with Gasteiger partial charge < -0.3 is 14.9 Å². The molecule has 0 unspecified atom stereocenters. The fourth-order valence-electron chi connectivity index (χ4n) is 6.30. The Kier molecular flexibility index (Phi) is 3.37. The molecule has 5 heteroatoms. The van der Waals surface area contributed by atoms with E-state index in [2.05, 4.69) is 4.90 Å². The summed E-state index contributed by atoms with van der Waals surface area (Å²) in [6.45, 7) is 0.552. The number of carbonyl (C=O) groups is 1. The summed E-state index contributed by atoms with van der Waals surface area (Å²) >= 11 is 6.59. The maximum atomic E-state index is 12.1. The van der Waals surface area contributed by atoms with Crippen LogP contribution in [-0.4, -0.2) is 28.2 Å². The first-order chi connectivity index (χ1) is 12.1. The van der Waals surface area contributed by atoms with Gasteiger partial charge in [-0.25, -0.2) is 4.79 Å². The van der Waals surface area contributed by atoms with Crippen LogP contribution in [0.15, 0.2) is 41.2 Å². The SMILES string of the molecule is O=C(O)C1=C(Cl)N(c2ccccc2)CN1C12CC3CC(CC(C3)C1)C2. The number of carboxylic acid groups (broad SMARTS) is 1. The summed E-state index contributed by atoms with van der Waals surface area (Å²) in [5.74, 6) is 1.40. The van der Waals surface area contributed by atoms with Gasteiger partial charge in [0.05, 0.1) is 6.67 Å². The number of halogens is 1. The standard InChI is InChI=1S/C20H23ClN2O2/c21-18-17(19(24)25)23(12-22(18)16-4-2-1-3-5-16)20-9-13-6-14(10-20)8-15(7-13)11-20/h1-5,13-15H,6-12H2,(H,24,25). The average molecular weight is 359 g/mol. The fraction of sp³-hybridized carbons (Fsp3) is 0.550. The summed E-state index contributed by atoms with van der Waals surface area (Å²) in [7, 11) is 0. The second kappa shape index (κ2) is 5.41. The van der Waals surface area contributed by atoms with Crippen LogP contribution < -0.4 is 4.90 Å². The van der Waals surface area contributed by atoms with Gasteiger partial charge in [-0.3, -0.25) is 0 Å². The maximum Gasteiger partial charge on any atom is 0.355 e. The molecule has 0 spiro atoms. The summed E-state index contributed by atoms with van der Waals surface area (Å²) < 4.78 is 0. The van der Waals surface area contributed by atoms with Gasteiger partial charge in [-0.2, -0.15) is 0 Å². The van der Waals surface area contributed by atoms with Gasteiger partial charge >= 0.3 is 5.97 Å². The summed E-state index contributed by atoms with van der Waals surface area (Å²) in [6.07, 6.45) is 7.41. The van der Waals surface area contributed by atoms with E-state index in [9.17, 15) is 9.90 Å². The van der Waals surface area contributed by atoms with E-state index in [1.165, 1.54) is 19.3 Å². The molecular formula is C20H23ClN2O2. The van der Waals surface area contributed by atoms with Crippen molar-refractivity contribution in [3.8, 4) is 0 Å². The minimum atomic E-state index is -0.904. The van der Waals surface area contributed by atoms with Gasteiger partial charge in [-0.15, -0.1) is 0 Å². The molecule has 4 saturated carbocycles. The van der Waals surface area contributed by atoms with Gasteiger partial charge in [0, 0.05) is 11.2 Å². The number of rotatable bonds is 3. The number of hydrogen-bond acceptors (Lipinski definition) is 3. The summed E-state index contributed by atoms with van der Waals surface area (Å²) in [4.78, 5) is 16.2. The van der Waals surface area contributed by atoms with E-state index in [4.69, 9.17) is 11.6 Å². The highest BCUT2D eigenvalue weighted by atomic mass is 35.5. The molecule has 1 N–H and O–H groups in total. The number of anilines is 1. The van der Waals surface area contributed by atoms with Crippen molar-refractivity contribution in [2.75, 3.05) is 11.6 Å². The predicted molar refractivity (Wildman–Crippen MR) is 97.0 cm³/mol. The Balaban J connectivity index is 1.54. The highest BCUT2D eigenvalue weighted by Gasteiger charge is 2.56. The minimum absolute atomic E-state index is 0.00779. The van der Waals surface area contributed by atoms with E-state index in [0.717, 1.165) is 42.7 Å². The third-order valence-corrected chi connectivity index (χ3v) is 7.22. The molecule has 0 radical (unpaired) electrons. The molecule has 132 valence electrons. The van der Waals surface area contributed by atoms with Crippen LogP contribution in [0.1, 0.15) is 38.5 Å². The normalized spacial score (nSPS) is 36.4. The van der Waals surface area contributed by atoms with Crippen LogP contribution in [0, 0.1) is 17.8 Å². The van der Waals surface area contributed by atoms with Crippen molar-refractivity contribution in [1.29, 1.82) is 0 Å². The highest BCUT2D eigenvalue weighted by molar-refractivity contribution is 6.33. The van der Waals surface area contributed by atoms with E-state index in [1.54, 1.807) is 0 Å². The summed E-state index contributed by atoms with van der Waals surface area (Å²) in [5.41, 5.74) is 1.25. The van der Waals surface area contributed by atoms with Gasteiger partial charge in [-0.05, 0) is 68.4 Å². The predicted octanol–water partition coefficient (Wildman–Crippen LogP) is 4.23. The Morgan fingerprint density at radius 1 is 1.04 bits per heavy atom. The molecule has 1 aliphatic heterocycles. The third-order valence-electron chi connectivity index (χ3n) is 6.83. The van der Waals surface area contributed by atoms with Crippen molar-refractivity contribution in [3.05, 3.63) is 41.2 Å². The zero-order valence-corrected chi connectivity index (χ0v) is 15.0. The van der Waals surface area contributed by atoms with Gasteiger partial charge in [0.1, 0.15) is 5.16 Å². The number of aliphatic carboxylic acids is 1. The van der Waals surface area contributed by atoms with E-state index < -0.39 is 5.97 Å². The van der Waals surface area contributed by atoms with Crippen molar-refractivity contribution in [1.82, 2.24) is 4.90 Å². The number of para-hydroxylation sites is 1.